The highest BCUT2D eigenvalue weighted by Gasteiger charge is 2.20. The third kappa shape index (κ3) is 2.91. The topological polar surface area (TPSA) is 38.4 Å². The summed E-state index contributed by atoms with van der Waals surface area (Å²) in [7, 11) is 1.76. The monoisotopic (exact) mass is 156 g/mol. The van der Waals surface area contributed by atoms with E-state index in [-0.39, 0.29) is 0 Å². The van der Waals surface area contributed by atoms with Crippen LogP contribution in [0.2, 0.25) is 0 Å². The number of aliphatic imine (C=N–C) groups is 1. The first-order valence-electron chi connectivity index (χ1n) is 4.22. The van der Waals surface area contributed by atoms with Gasteiger partial charge in [0.2, 0.25) is 0 Å². The smallest absolute Gasteiger partial charge is 0.0970 e. The summed E-state index contributed by atoms with van der Waals surface area (Å²) in [5.41, 5.74) is 5.77. The fraction of sp³-hybridized carbons (Fsp3) is 0.889. The van der Waals surface area contributed by atoms with E-state index in [1.54, 1.807) is 7.05 Å². The molecule has 0 unspecified atom stereocenters. The molecule has 0 fully saturated rings. The third-order valence-corrected chi connectivity index (χ3v) is 2.04. The van der Waals surface area contributed by atoms with Crippen molar-refractivity contribution in [3.05, 3.63) is 0 Å². The Morgan fingerprint density at radius 2 is 1.45 bits per heavy atom. The maximum Gasteiger partial charge on any atom is 0.0970 e. The van der Waals surface area contributed by atoms with Gasteiger partial charge in [0.05, 0.1) is 5.84 Å². The first-order chi connectivity index (χ1) is 5.00. The van der Waals surface area contributed by atoms with E-state index < -0.39 is 0 Å². The van der Waals surface area contributed by atoms with Gasteiger partial charge < -0.3 is 5.73 Å². The van der Waals surface area contributed by atoms with Crippen LogP contribution >= 0.6 is 0 Å². The summed E-state index contributed by atoms with van der Waals surface area (Å²) in [5.74, 6) is 2.38. The van der Waals surface area contributed by atoms with Crippen molar-refractivity contribution < 1.29 is 0 Å². The fourth-order valence-corrected chi connectivity index (χ4v) is 1.60. The van der Waals surface area contributed by atoms with E-state index in [0.717, 1.165) is 5.84 Å². The second-order valence-corrected chi connectivity index (χ2v) is 3.66. The molecule has 2 N–H and O–H groups in total. The SMILES string of the molecule is CN=C(N)C(C(C)C)C(C)C. The number of rotatable bonds is 3. The van der Waals surface area contributed by atoms with Gasteiger partial charge in [0.1, 0.15) is 0 Å². The van der Waals surface area contributed by atoms with E-state index in [9.17, 15) is 0 Å². The van der Waals surface area contributed by atoms with Crippen molar-refractivity contribution in [1.82, 2.24) is 0 Å². The van der Waals surface area contributed by atoms with Gasteiger partial charge in [-0.2, -0.15) is 0 Å². The Labute approximate surface area is 69.9 Å². The van der Waals surface area contributed by atoms with Crippen molar-refractivity contribution in [2.45, 2.75) is 27.7 Å². The number of nitrogens with two attached hydrogens (primary N) is 1. The Balaban J connectivity index is 4.35. The van der Waals surface area contributed by atoms with E-state index in [2.05, 4.69) is 32.7 Å². The fourth-order valence-electron chi connectivity index (χ4n) is 1.60. The van der Waals surface area contributed by atoms with Gasteiger partial charge in [-0.25, -0.2) is 0 Å². The summed E-state index contributed by atoms with van der Waals surface area (Å²) in [6.45, 7) is 8.73. The van der Waals surface area contributed by atoms with Crippen LogP contribution in [0, 0.1) is 17.8 Å². The first-order valence-corrected chi connectivity index (χ1v) is 4.22. The normalized spacial score (nSPS) is 13.6. The van der Waals surface area contributed by atoms with E-state index in [4.69, 9.17) is 5.73 Å². The molecule has 2 heteroatoms. The lowest BCUT2D eigenvalue weighted by Crippen LogP contribution is -2.31. The van der Waals surface area contributed by atoms with Gasteiger partial charge in [0.15, 0.2) is 0 Å². The molecule has 0 radical (unpaired) electrons. The number of hydrogen-bond donors (Lipinski definition) is 1. The molecular formula is C9H20N2. The van der Waals surface area contributed by atoms with Gasteiger partial charge in [-0.15, -0.1) is 0 Å². The summed E-state index contributed by atoms with van der Waals surface area (Å²) in [4.78, 5) is 4.03. The second-order valence-electron chi connectivity index (χ2n) is 3.66. The summed E-state index contributed by atoms with van der Waals surface area (Å²) in [6, 6.07) is 0. The minimum atomic E-state index is 0.431. The molecule has 0 saturated heterocycles. The predicted octanol–water partition coefficient (Wildman–Crippen LogP) is 1.90. The van der Waals surface area contributed by atoms with Crippen molar-refractivity contribution in [3.63, 3.8) is 0 Å². The zero-order valence-corrected chi connectivity index (χ0v) is 8.26. The molecule has 0 aromatic carbocycles. The zero-order chi connectivity index (χ0) is 9.02. The standard InChI is InChI=1S/C9H20N2/c1-6(2)8(7(3)4)9(10)11-5/h6-8H,1-5H3,(H2,10,11). The molecule has 0 aromatic rings. The lowest BCUT2D eigenvalue weighted by Gasteiger charge is -2.23. The Kier molecular flexibility index (Phi) is 4.16. The van der Waals surface area contributed by atoms with Crippen LogP contribution in [-0.4, -0.2) is 12.9 Å². The number of hydrogen-bond acceptors (Lipinski definition) is 1. The van der Waals surface area contributed by atoms with Gasteiger partial charge in [0.25, 0.3) is 0 Å². The minimum Gasteiger partial charge on any atom is -0.387 e. The molecule has 66 valence electrons. The highest BCUT2D eigenvalue weighted by atomic mass is 14.8. The molecule has 0 aromatic heterocycles. The molecule has 0 atom stereocenters. The van der Waals surface area contributed by atoms with Gasteiger partial charge in [-0.3, -0.25) is 4.99 Å². The van der Waals surface area contributed by atoms with Crippen LogP contribution in [0.5, 0.6) is 0 Å². The molecular weight excluding hydrogens is 136 g/mol. The molecule has 2 nitrogen and oxygen atoms in total. The molecule has 0 aliphatic carbocycles. The Hall–Kier alpha value is -0.530. The average molecular weight is 156 g/mol. The summed E-state index contributed by atoms with van der Waals surface area (Å²) in [6.07, 6.45) is 0. The van der Waals surface area contributed by atoms with Crippen LogP contribution in [0.15, 0.2) is 4.99 Å². The van der Waals surface area contributed by atoms with Gasteiger partial charge in [0, 0.05) is 13.0 Å². The van der Waals surface area contributed by atoms with Crippen LogP contribution < -0.4 is 5.73 Å². The summed E-state index contributed by atoms with van der Waals surface area (Å²) >= 11 is 0. The molecule has 0 spiro atoms. The molecule has 0 heterocycles. The van der Waals surface area contributed by atoms with Crippen LogP contribution in [0.25, 0.3) is 0 Å². The molecule has 0 saturated carbocycles. The first kappa shape index (κ1) is 10.5. The molecule has 0 aliphatic rings. The Morgan fingerprint density at radius 3 is 1.55 bits per heavy atom. The van der Waals surface area contributed by atoms with Gasteiger partial charge in [-0.1, -0.05) is 27.7 Å². The average Bonchev–Trinajstić information content (AvgIpc) is 1.85. The number of amidine groups is 1. The predicted molar refractivity (Wildman–Crippen MR) is 50.7 cm³/mol. The van der Waals surface area contributed by atoms with Crippen molar-refractivity contribution in [3.8, 4) is 0 Å². The van der Waals surface area contributed by atoms with Crippen LogP contribution in [0.3, 0.4) is 0 Å². The van der Waals surface area contributed by atoms with E-state index in [1.807, 2.05) is 0 Å². The quantitative estimate of drug-likeness (QED) is 0.492. The molecule has 0 rings (SSSR count). The zero-order valence-electron chi connectivity index (χ0n) is 8.26. The van der Waals surface area contributed by atoms with E-state index >= 15 is 0 Å². The maximum atomic E-state index is 5.77. The Bertz CT molecular complexity index is 128. The lowest BCUT2D eigenvalue weighted by atomic mass is 9.85. The van der Waals surface area contributed by atoms with Gasteiger partial charge in [-0.05, 0) is 11.8 Å². The Morgan fingerprint density at radius 1 is 1.09 bits per heavy atom. The third-order valence-electron chi connectivity index (χ3n) is 2.04. The molecule has 11 heavy (non-hydrogen) atoms. The highest BCUT2D eigenvalue weighted by Crippen LogP contribution is 2.20. The molecule has 0 bridgehead atoms. The van der Waals surface area contributed by atoms with Crippen molar-refractivity contribution in [2.75, 3.05) is 7.05 Å². The minimum absolute atomic E-state index is 0.431. The van der Waals surface area contributed by atoms with Crippen LogP contribution in [-0.2, 0) is 0 Å². The van der Waals surface area contributed by atoms with Crippen molar-refractivity contribution in [2.24, 2.45) is 28.5 Å². The van der Waals surface area contributed by atoms with Crippen molar-refractivity contribution >= 4 is 5.84 Å². The largest absolute Gasteiger partial charge is 0.387 e. The summed E-state index contributed by atoms with van der Waals surface area (Å²) in [5, 5.41) is 0. The highest BCUT2D eigenvalue weighted by molar-refractivity contribution is 5.83. The van der Waals surface area contributed by atoms with Crippen molar-refractivity contribution in [1.29, 1.82) is 0 Å². The second kappa shape index (κ2) is 4.37. The molecule has 0 aliphatic heterocycles. The summed E-state index contributed by atoms with van der Waals surface area (Å²) < 4.78 is 0. The lowest BCUT2D eigenvalue weighted by molar-refractivity contribution is 0.378. The van der Waals surface area contributed by atoms with E-state index in [1.165, 1.54) is 0 Å². The van der Waals surface area contributed by atoms with Crippen LogP contribution in [0.4, 0.5) is 0 Å². The van der Waals surface area contributed by atoms with Gasteiger partial charge >= 0.3 is 0 Å². The van der Waals surface area contributed by atoms with Crippen LogP contribution in [0.1, 0.15) is 27.7 Å². The number of nitrogens with zero attached hydrogens (tertiary/aromatic N) is 1. The maximum absolute atomic E-state index is 5.77. The van der Waals surface area contributed by atoms with E-state index in [0.29, 0.717) is 17.8 Å². The molecule has 0 amide bonds.